The van der Waals surface area contributed by atoms with Crippen molar-refractivity contribution in [1.29, 1.82) is 0 Å². The lowest BCUT2D eigenvalue weighted by molar-refractivity contribution is -0.918. The molecular formula is C27H33Cl2N2O3+. The average molecular weight is 504 g/mol. The molecule has 3 N–H and O–H groups in total. The molecule has 1 heterocycles. The molecule has 4 rings (SSSR count). The summed E-state index contributed by atoms with van der Waals surface area (Å²) in [5.41, 5.74) is 0.243. The number of carbonyl (C=O) groups excluding carboxylic acids is 1. The van der Waals surface area contributed by atoms with E-state index in [1.807, 2.05) is 18.2 Å². The van der Waals surface area contributed by atoms with E-state index in [0.29, 0.717) is 35.9 Å². The molecule has 1 unspecified atom stereocenters. The van der Waals surface area contributed by atoms with Gasteiger partial charge in [0.25, 0.3) is 0 Å². The number of rotatable bonds is 6. The van der Waals surface area contributed by atoms with Gasteiger partial charge in [0.1, 0.15) is 17.9 Å². The molecule has 34 heavy (non-hydrogen) atoms. The number of nitrogens with one attached hydrogen (secondary N) is 1. The van der Waals surface area contributed by atoms with Crippen LogP contribution in [0.25, 0.3) is 0 Å². The lowest BCUT2D eigenvalue weighted by atomic mass is 9.55. The number of nitrogens with zero attached hydrogens (tertiary/aromatic N) is 1. The van der Waals surface area contributed by atoms with Gasteiger partial charge in [0, 0.05) is 17.9 Å². The van der Waals surface area contributed by atoms with Crippen molar-refractivity contribution < 1.29 is 19.5 Å². The van der Waals surface area contributed by atoms with Crippen molar-refractivity contribution in [1.82, 2.24) is 5.32 Å². The Morgan fingerprint density at radius 3 is 2.74 bits per heavy atom. The van der Waals surface area contributed by atoms with Crippen molar-refractivity contribution >= 4 is 29.1 Å². The van der Waals surface area contributed by atoms with Gasteiger partial charge in [-0.2, -0.15) is 0 Å². The first-order valence-electron chi connectivity index (χ1n) is 11.8. The number of hydrogen-bond donors (Lipinski definition) is 3. The number of quaternary nitrogens is 1. The van der Waals surface area contributed by atoms with Crippen LogP contribution in [0.1, 0.15) is 36.8 Å². The number of benzene rings is 2. The molecule has 0 radical (unpaired) electrons. The first-order valence-corrected chi connectivity index (χ1v) is 12.5. The zero-order chi connectivity index (χ0) is 24.6. The van der Waals surface area contributed by atoms with Crippen LogP contribution < -0.4 is 5.32 Å². The van der Waals surface area contributed by atoms with Crippen LogP contribution in [0.5, 0.6) is 5.75 Å². The Labute approximate surface area is 211 Å². The Kier molecular flexibility index (Phi) is 7.03. The third kappa shape index (κ3) is 4.85. The summed E-state index contributed by atoms with van der Waals surface area (Å²) in [7, 11) is 2.16. The number of amides is 1. The topological polar surface area (TPSA) is 69.6 Å². The van der Waals surface area contributed by atoms with Gasteiger partial charge in [0.2, 0.25) is 5.91 Å². The maximum absolute atomic E-state index is 12.9. The molecule has 5 nitrogen and oxygen atoms in total. The smallest absolute Gasteiger partial charge is 0.224 e. The molecule has 1 aliphatic carbocycles. The molecule has 2 aliphatic rings. The van der Waals surface area contributed by atoms with Crippen molar-refractivity contribution in [3.05, 3.63) is 76.3 Å². The van der Waals surface area contributed by atoms with E-state index in [-0.39, 0.29) is 24.1 Å². The Balaban J connectivity index is 1.58. The summed E-state index contributed by atoms with van der Waals surface area (Å²) in [5, 5.41) is 26.4. The molecule has 1 aliphatic heterocycles. The van der Waals surface area contributed by atoms with Gasteiger partial charge >= 0.3 is 0 Å². The van der Waals surface area contributed by atoms with Crippen LogP contribution >= 0.6 is 23.2 Å². The normalized spacial score (nSPS) is 30.9. The Hall–Kier alpha value is -2.05. The van der Waals surface area contributed by atoms with Gasteiger partial charge in [-0.1, -0.05) is 48.0 Å². The Bertz CT molecular complexity index is 1090. The third-order valence-electron chi connectivity index (χ3n) is 7.80. The molecule has 2 aromatic rings. The summed E-state index contributed by atoms with van der Waals surface area (Å²) in [5.74, 6) is 0.108. The molecule has 1 amide bonds. The minimum Gasteiger partial charge on any atom is -0.508 e. The largest absolute Gasteiger partial charge is 0.508 e. The molecule has 1 saturated heterocycles. The van der Waals surface area contributed by atoms with Gasteiger partial charge in [0.15, 0.2) is 0 Å². The number of likely N-dealkylation sites (tertiary alicyclic amines) is 1. The number of aliphatic hydroxyl groups is 1. The Morgan fingerprint density at radius 1 is 1.24 bits per heavy atom. The maximum atomic E-state index is 12.9. The van der Waals surface area contributed by atoms with Crippen LogP contribution in [0, 0.1) is 0 Å². The van der Waals surface area contributed by atoms with Gasteiger partial charge < -0.3 is 20.0 Å². The molecule has 4 atom stereocenters. The van der Waals surface area contributed by atoms with Gasteiger partial charge in [-0.25, -0.2) is 0 Å². The van der Waals surface area contributed by atoms with Crippen molar-refractivity contribution in [2.45, 2.75) is 49.2 Å². The zero-order valence-electron chi connectivity index (χ0n) is 19.6. The van der Waals surface area contributed by atoms with E-state index in [0.717, 1.165) is 35.1 Å². The minimum atomic E-state index is -0.943. The molecule has 1 saturated carbocycles. The monoisotopic (exact) mass is 503 g/mol. The van der Waals surface area contributed by atoms with E-state index >= 15 is 0 Å². The van der Waals surface area contributed by atoms with E-state index in [9.17, 15) is 15.0 Å². The fourth-order valence-electron chi connectivity index (χ4n) is 6.14. The molecule has 182 valence electrons. The van der Waals surface area contributed by atoms with Crippen LogP contribution in [0.15, 0.2) is 55.1 Å². The Morgan fingerprint density at radius 2 is 2.03 bits per heavy atom. The molecule has 2 fully saturated rings. The number of halogens is 2. The van der Waals surface area contributed by atoms with Gasteiger partial charge in [-0.05, 0) is 60.7 Å². The number of carbonyl (C=O) groups is 1. The fraction of sp³-hybridized carbons (Fsp3) is 0.444. The van der Waals surface area contributed by atoms with Crippen molar-refractivity contribution in [2.24, 2.45) is 0 Å². The molecule has 0 spiro atoms. The predicted octanol–water partition coefficient (Wildman–Crippen LogP) is 4.62. The van der Waals surface area contributed by atoms with Gasteiger partial charge in [-0.3, -0.25) is 4.79 Å². The van der Waals surface area contributed by atoms with Crippen molar-refractivity contribution in [3.63, 3.8) is 0 Å². The van der Waals surface area contributed by atoms with Crippen molar-refractivity contribution in [2.75, 3.05) is 26.7 Å². The summed E-state index contributed by atoms with van der Waals surface area (Å²) in [6.07, 6.45) is 4.78. The first-order chi connectivity index (χ1) is 16.1. The molecule has 0 aromatic heterocycles. The highest BCUT2D eigenvalue weighted by Crippen LogP contribution is 2.53. The molecular weight excluding hydrogens is 471 g/mol. The second-order valence-electron chi connectivity index (χ2n) is 10.3. The highest BCUT2D eigenvalue weighted by Gasteiger charge is 2.61. The lowest BCUT2D eigenvalue weighted by Crippen LogP contribution is -2.71. The number of fused-ring (bicyclic) bond motifs is 1. The number of hydrogen-bond acceptors (Lipinski definition) is 3. The summed E-state index contributed by atoms with van der Waals surface area (Å²) >= 11 is 12.1. The highest BCUT2D eigenvalue weighted by atomic mass is 35.5. The van der Waals surface area contributed by atoms with Gasteiger partial charge in [-0.15, -0.1) is 0 Å². The maximum Gasteiger partial charge on any atom is 0.224 e. The van der Waals surface area contributed by atoms with E-state index in [2.05, 4.69) is 18.9 Å². The molecule has 7 heteroatoms. The lowest BCUT2D eigenvalue weighted by Gasteiger charge is -2.59. The number of likely N-dealkylation sites (N-methyl/N-ethyl adjacent to an activating group) is 1. The minimum absolute atomic E-state index is 0.0749. The summed E-state index contributed by atoms with van der Waals surface area (Å²) in [4.78, 5) is 12.9. The predicted molar refractivity (Wildman–Crippen MR) is 136 cm³/mol. The van der Waals surface area contributed by atoms with Crippen LogP contribution in [0.2, 0.25) is 10.0 Å². The second kappa shape index (κ2) is 9.54. The zero-order valence-corrected chi connectivity index (χ0v) is 21.1. The summed E-state index contributed by atoms with van der Waals surface area (Å²) < 4.78 is 0.731. The van der Waals surface area contributed by atoms with Gasteiger partial charge in [0.05, 0.1) is 36.6 Å². The SMILES string of the molecule is C=CC[N@@+]1(C)CC[C@@]2(c3cccc(O)c3)C[C@@H](NC(=O)Cc3ccc(Cl)c(Cl)c3)CCC2(O)C1. The summed E-state index contributed by atoms with van der Waals surface area (Å²) in [6.45, 7) is 6.20. The quantitative estimate of drug-likeness (QED) is 0.398. The number of phenolic OH excluding ortho intramolecular Hbond substituents is 1. The first kappa shape index (κ1) is 25.1. The number of piperidine rings is 1. The number of phenols is 1. The average Bonchev–Trinajstić information content (AvgIpc) is 2.76. The van der Waals surface area contributed by atoms with Crippen LogP contribution in [-0.4, -0.2) is 58.9 Å². The standard InChI is InChI=1S/C27H32Cl2N2O3/c1-3-12-31(2)13-11-26(20-5-4-6-22(32)16-20)17-21(9-10-27(26,34)18-31)30-25(33)15-19-7-8-23(28)24(29)14-19/h3-8,14,16,21,34H,1,9-13,15,17-18H2,2H3,(H-,30,32,33)/p+1/t21-,26-,27?,31-/m0/s1. The molecule has 0 bridgehead atoms. The van der Waals surface area contributed by atoms with E-state index in [1.165, 1.54) is 0 Å². The van der Waals surface area contributed by atoms with E-state index in [1.54, 1.807) is 30.3 Å². The highest BCUT2D eigenvalue weighted by molar-refractivity contribution is 6.42. The number of aromatic hydroxyl groups is 1. The van der Waals surface area contributed by atoms with Crippen molar-refractivity contribution in [3.8, 4) is 5.75 Å². The van der Waals surface area contributed by atoms with Crippen LogP contribution in [-0.2, 0) is 16.6 Å². The third-order valence-corrected chi connectivity index (χ3v) is 8.54. The second-order valence-corrected chi connectivity index (χ2v) is 11.1. The molecule has 2 aromatic carbocycles. The summed E-state index contributed by atoms with van der Waals surface area (Å²) in [6, 6.07) is 12.4. The van der Waals surface area contributed by atoms with E-state index < -0.39 is 11.0 Å². The van der Waals surface area contributed by atoms with Crippen LogP contribution in [0.4, 0.5) is 0 Å². The fourth-order valence-corrected chi connectivity index (χ4v) is 6.46. The van der Waals surface area contributed by atoms with E-state index in [4.69, 9.17) is 23.2 Å². The van der Waals surface area contributed by atoms with Crippen LogP contribution in [0.3, 0.4) is 0 Å².